The van der Waals surface area contributed by atoms with Crippen LogP contribution in [-0.4, -0.2) is 79.1 Å². The number of fused-ring (bicyclic) bond motifs is 1. The summed E-state index contributed by atoms with van der Waals surface area (Å²) < 4.78 is 5.41. The van der Waals surface area contributed by atoms with Gasteiger partial charge in [-0.25, -0.2) is 4.98 Å². The molecule has 2 aromatic rings. The van der Waals surface area contributed by atoms with Crippen molar-refractivity contribution in [3.63, 3.8) is 0 Å². The van der Waals surface area contributed by atoms with Crippen LogP contribution in [0.3, 0.4) is 0 Å². The number of rotatable bonds is 5. The van der Waals surface area contributed by atoms with Crippen LogP contribution in [0.1, 0.15) is 37.0 Å². The average Bonchev–Trinajstić information content (AvgIpc) is 2.84. The fourth-order valence-electron chi connectivity index (χ4n) is 4.49. The molecule has 3 heterocycles. The average molecular weight is 425 g/mol. The maximum Gasteiger partial charge on any atom is 0.254 e. The van der Waals surface area contributed by atoms with E-state index in [9.17, 15) is 9.59 Å². The lowest BCUT2D eigenvalue weighted by Gasteiger charge is -2.37. The Bertz CT molecular complexity index is 930. The first-order valence-corrected chi connectivity index (χ1v) is 11.4. The maximum atomic E-state index is 13.3. The van der Waals surface area contributed by atoms with E-state index in [1.54, 1.807) is 0 Å². The first-order valence-electron chi connectivity index (χ1n) is 11.4. The van der Waals surface area contributed by atoms with Crippen LogP contribution >= 0.6 is 0 Å². The van der Waals surface area contributed by atoms with Gasteiger partial charge in [0.05, 0.1) is 24.3 Å². The molecule has 0 atom stereocenters. The highest BCUT2D eigenvalue weighted by Crippen LogP contribution is 2.26. The zero-order chi connectivity index (χ0) is 21.8. The summed E-state index contributed by atoms with van der Waals surface area (Å²) >= 11 is 0. The van der Waals surface area contributed by atoms with Crippen LogP contribution in [0.2, 0.25) is 0 Å². The number of hydrogen-bond acceptors (Lipinski definition) is 5. The number of aromatic nitrogens is 1. The number of para-hydroxylation sites is 1. The predicted molar refractivity (Wildman–Crippen MR) is 121 cm³/mol. The van der Waals surface area contributed by atoms with Crippen molar-refractivity contribution in [1.82, 2.24) is 14.8 Å². The number of amides is 2. The van der Waals surface area contributed by atoms with E-state index >= 15 is 0 Å². The van der Waals surface area contributed by atoms with Crippen LogP contribution in [0.15, 0.2) is 30.3 Å². The smallest absolute Gasteiger partial charge is 0.254 e. The molecule has 2 amide bonds. The fourth-order valence-corrected chi connectivity index (χ4v) is 4.49. The SMILES string of the molecule is CCC(CC)C(=O)N1CCN(c2cc(C(=O)N3CCOCC3)c3ccccc3n2)CC1. The first kappa shape index (κ1) is 21.6. The Morgan fingerprint density at radius 2 is 1.65 bits per heavy atom. The van der Waals surface area contributed by atoms with E-state index in [1.165, 1.54) is 0 Å². The largest absolute Gasteiger partial charge is 0.378 e. The Morgan fingerprint density at radius 3 is 2.32 bits per heavy atom. The fraction of sp³-hybridized carbons (Fsp3) is 0.542. The number of carbonyl (C=O) groups is 2. The molecule has 0 unspecified atom stereocenters. The van der Waals surface area contributed by atoms with Gasteiger partial charge in [0.15, 0.2) is 0 Å². The number of morpholine rings is 1. The number of pyridine rings is 1. The zero-order valence-electron chi connectivity index (χ0n) is 18.5. The number of anilines is 1. The van der Waals surface area contributed by atoms with Gasteiger partial charge in [0.1, 0.15) is 5.82 Å². The van der Waals surface area contributed by atoms with Crippen molar-refractivity contribution in [2.24, 2.45) is 5.92 Å². The second kappa shape index (κ2) is 9.64. The van der Waals surface area contributed by atoms with E-state index < -0.39 is 0 Å². The van der Waals surface area contributed by atoms with Crippen LogP contribution in [0, 0.1) is 5.92 Å². The molecule has 7 heteroatoms. The van der Waals surface area contributed by atoms with Crippen molar-refractivity contribution in [2.45, 2.75) is 26.7 Å². The monoisotopic (exact) mass is 424 g/mol. The summed E-state index contributed by atoms with van der Waals surface area (Å²) in [6.45, 7) is 9.37. The third-order valence-corrected chi connectivity index (χ3v) is 6.48. The summed E-state index contributed by atoms with van der Waals surface area (Å²) in [5, 5.41) is 0.880. The minimum atomic E-state index is 0.0331. The Hall–Kier alpha value is -2.67. The Kier molecular flexibility index (Phi) is 6.70. The quantitative estimate of drug-likeness (QED) is 0.739. The first-order chi connectivity index (χ1) is 15.1. The minimum Gasteiger partial charge on any atom is -0.378 e. The zero-order valence-corrected chi connectivity index (χ0v) is 18.5. The van der Waals surface area contributed by atoms with Crippen molar-refractivity contribution in [3.8, 4) is 0 Å². The minimum absolute atomic E-state index is 0.0331. The second-order valence-electron chi connectivity index (χ2n) is 8.28. The van der Waals surface area contributed by atoms with Crippen LogP contribution in [0.5, 0.6) is 0 Å². The maximum absolute atomic E-state index is 13.3. The summed E-state index contributed by atoms with van der Waals surface area (Å²) in [7, 11) is 0. The van der Waals surface area contributed by atoms with Gasteiger partial charge in [-0.05, 0) is 25.0 Å². The lowest BCUT2D eigenvalue weighted by atomic mass is 10.0. The molecule has 0 N–H and O–H groups in total. The normalized spacial score (nSPS) is 17.5. The molecule has 1 aromatic heterocycles. The molecule has 0 radical (unpaired) electrons. The van der Waals surface area contributed by atoms with E-state index in [0.717, 1.165) is 42.7 Å². The summed E-state index contributed by atoms with van der Waals surface area (Å²) in [5.41, 5.74) is 1.52. The molecule has 7 nitrogen and oxygen atoms in total. The summed E-state index contributed by atoms with van der Waals surface area (Å²) in [4.78, 5) is 36.9. The van der Waals surface area contributed by atoms with Crippen LogP contribution in [-0.2, 0) is 9.53 Å². The molecule has 0 bridgehead atoms. The molecule has 0 aliphatic carbocycles. The molecule has 0 saturated carbocycles. The third-order valence-electron chi connectivity index (χ3n) is 6.48. The van der Waals surface area contributed by atoms with Crippen molar-refractivity contribution in [2.75, 3.05) is 57.4 Å². The molecule has 2 aliphatic heterocycles. The van der Waals surface area contributed by atoms with Gasteiger partial charge in [-0.2, -0.15) is 0 Å². The second-order valence-corrected chi connectivity index (χ2v) is 8.28. The number of piperazine rings is 1. The third kappa shape index (κ3) is 4.51. The van der Waals surface area contributed by atoms with Crippen molar-refractivity contribution in [3.05, 3.63) is 35.9 Å². The van der Waals surface area contributed by atoms with Crippen molar-refractivity contribution >= 4 is 28.5 Å². The highest BCUT2D eigenvalue weighted by atomic mass is 16.5. The van der Waals surface area contributed by atoms with Gasteiger partial charge < -0.3 is 19.4 Å². The highest BCUT2D eigenvalue weighted by molar-refractivity contribution is 6.07. The summed E-state index contributed by atoms with van der Waals surface area (Å²) in [5.74, 6) is 1.22. The van der Waals surface area contributed by atoms with Crippen molar-refractivity contribution in [1.29, 1.82) is 0 Å². The van der Waals surface area contributed by atoms with E-state index in [1.807, 2.05) is 40.1 Å². The van der Waals surface area contributed by atoms with Gasteiger partial charge in [-0.1, -0.05) is 32.0 Å². The Morgan fingerprint density at radius 1 is 0.968 bits per heavy atom. The van der Waals surface area contributed by atoms with E-state index in [4.69, 9.17) is 9.72 Å². The molecule has 0 spiro atoms. The van der Waals surface area contributed by atoms with Crippen LogP contribution in [0.25, 0.3) is 10.9 Å². The topological polar surface area (TPSA) is 66.0 Å². The van der Waals surface area contributed by atoms with E-state index in [-0.39, 0.29) is 17.7 Å². The molecule has 166 valence electrons. The van der Waals surface area contributed by atoms with Gasteiger partial charge in [-0.15, -0.1) is 0 Å². The number of hydrogen-bond donors (Lipinski definition) is 0. The predicted octanol–water partition coefficient (Wildman–Crippen LogP) is 2.79. The molecule has 4 rings (SSSR count). The highest BCUT2D eigenvalue weighted by Gasteiger charge is 2.27. The van der Waals surface area contributed by atoms with Crippen LogP contribution < -0.4 is 4.90 Å². The van der Waals surface area contributed by atoms with Gasteiger partial charge in [-0.3, -0.25) is 9.59 Å². The van der Waals surface area contributed by atoms with Crippen LogP contribution in [0.4, 0.5) is 5.82 Å². The number of benzene rings is 1. The molecule has 2 aliphatic rings. The molecule has 2 saturated heterocycles. The number of carbonyl (C=O) groups excluding carboxylic acids is 2. The number of nitrogens with zero attached hydrogens (tertiary/aromatic N) is 4. The summed E-state index contributed by atoms with van der Waals surface area (Å²) in [6.07, 6.45) is 1.77. The number of ether oxygens (including phenoxy) is 1. The van der Waals surface area contributed by atoms with E-state index in [0.29, 0.717) is 45.0 Å². The van der Waals surface area contributed by atoms with Gasteiger partial charge >= 0.3 is 0 Å². The molecular formula is C24H32N4O3. The molecule has 31 heavy (non-hydrogen) atoms. The lowest BCUT2D eigenvalue weighted by Crippen LogP contribution is -2.50. The lowest BCUT2D eigenvalue weighted by molar-refractivity contribution is -0.136. The standard InChI is InChI=1S/C24H32N4O3/c1-3-18(4-2)23(29)27-11-9-26(10-12-27)22-17-20(19-7-5-6-8-21(19)25-22)24(30)28-13-15-31-16-14-28/h5-8,17-18H,3-4,9-16H2,1-2H3. The molecule has 1 aromatic carbocycles. The Balaban J connectivity index is 1.56. The van der Waals surface area contributed by atoms with Crippen molar-refractivity contribution < 1.29 is 14.3 Å². The molecule has 2 fully saturated rings. The van der Waals surface area contributed by atoms with E-state index in [2.05, 4.69) is 18.7 Å². The van der Waals surface area contributed by atoms with Gasteiger partial charge in [0, 0.05) is 50.6 Å². The molecular weight excluding hydrogens is 392 g/mol. The van der Waals surface area contributed by atoms with Gasteiger partial charge in [0.2, 0.25) is 5.91 Å². The summed E-state index contributed by atoms with van der Waals surface area (Å²) in [6, 6.07) is 9.75. The Labute approximate surface area is 184 Å². The van der Waals surface area contributed by atoms with Gasteiger partial charge in [0.25, 0.3) is 5.91 Å².